The first kappa shape index (κ1) is 19.3. The summed E-state index contributed by atoms with van der Waals surface area (Å²) in [6, 6.07) is 12.7. The first-order valence-electron chi connectivity index (χ1n) is 9.93. The van der Waals surface area contributed by atoms with E-state index in [2.05, 4.69) is 10.3 Å². The zero-order valence-electron chi connectivity index (χ0n) is 16.9. The molecule has 3 N–H and O–H groups in total. The molecule has 1 aliphatic heterocycles. The van der Waals surface area contributed by atoms with E-state index >= 15 is 0 Å². The molecule has 1 aliphatic rings. The number of H-pyrrole nitrogens is 1. The van der Waals surface area contributed by atoms with E-state index in [1.807, 2.05) is 44.2 Å². The number of carbonyl (C=O) groups excluding carboxylic acids is 1. The minimum atomic E-state index is -0.850. The van der Waals surface area contributed by atoms with Gasteiger partial charge in [-0.25, -0.2) is 0 Å². The Morgan fingerprint density at radius 3 is 2.76 bits per heavy atom. The Morgan fingerprint density at radius 2 is 2.07 bits per heavy atom. The average molecular weight is 394 g/mol. The number of aromatic hydroxyl groups is 1. The van der Waals surface area contributed by atoms with Gasteiger partial charge < -0.3 is 19.6 Å². The van der Waals surface area contributed by atoms with Gasteiger partial charge >= 0.3 is 5.97 Å². The van der Waals surface area contributed by atoms with Crippen LogP contribution in [0.1, 0.15) is 43.1 Å². The second-order valence-electron chi connectivity index (χ2n) is 7.43. The quantitative estimate of drug-likeness (QED) is 0.573. The lowest BCUT2D eigenvalue weighted by atomic mass is 9.80. The summed E-state index contributed by atoms with van der Waals surface area (Å²) in [7, 11) is 1.65. The highest BCUT2D eigenvalue weighted by Gasteiger charge is 2.46. The van der Waals surface area contributed by atoms with Crippen LogP contribution in [0, 0.1) is 0 Å². The number of methoxy groups -OCH3 is 1. The van der Waals surface area contributed by atoms with Gasteiger partial charge in [0.15, 0.2) is 0 Å². The standard InChI is InChI=1S/C23H26N2O4/c1-4-23(22(27)29-5-2)13-18-17-12-16(28-3)9-10-19(17)24-21(18)20(25-23)14-7-6-8-15(26)11-14/h6-12,20,24-26H,4-5,13H2,1-3H3. The topological polar surface area (TPSA) is 83.6 Å². The lowest BCUT2D eigenvalue weighted by molar-refractivity contribution is -0.152. The maximum absolute atomic E-state index is 13.0. The predicted octanol–water partition coefficient (Wildman–Crippen LogP) is 3.83. The lowest BCUT2D eigenvalue weighted by Gasteiger charge is -2.40. The van der Waals surface area contributed by atoms with Gasteiger partial charge in [-0.05, 0) is 54.8 Å². The van der Waals surface area contributed by atoms with E-state index in [0.29, 0.717) is 19.4 Å². The highest BCUT2D eigenvalue weighted by atomic mass is 16.5. The number of hydrogen-bond donors (Lipinski definition) is 3. The third kappa shape index (κ3) is 3.23. The fourth-order valence-electron chi connectivity index (χ4n) is 4.24. The molecule has 0 bridgehead atoms. The Morgan fingerprint density at radius 1 is 1.24 bits per heavy atom. The van der Waals surface area contributed by atoms with E-state index in [1.165, 1.54) is 0 Å². The van der Waals surface area contributed by atoms with Crippen LogP contribution in [0.2, 0.25) is 0 Å². The van der Waals surface area contributed by atoms with Crippen molar-refractivity contribution in [1.29, 1.82) is 0 Å². The number of aromatic amines is 1. The number of phenolic OH excluding ortho intramolecular Hbond substituents is 1. The lowest BCUT2D eigenvalue weighted by Crippen LogP contribution is -2.58. The van der Waals surface area contributed by atoms with E-state index in [9.17, 15) is 9.90 Å². The first-order chi connectivity index (χ1) is 14.0. The summed E-state index contributed by atoms with van der Waals surface area (Å²) >= 11 is 0. The Hall–Kier alpha value is -2.99. The number of esters is 1. The van der Waals surface area contributed by atoms with Gasteiger partial charge in [0.2, 0.25) is 0 Å². The summed E-state index contributed by atoms with van der Waals surface area (Å²) in [6.45, 7) is 4.14. The van der Waals surface area contributed by atoms with Crippen molar-refractivity contribution in [3.8, 4) is 11.5 Å². The molecule has 1 aromatic heterocycles. The highest BCUT2D eigenvalue weighted by Crippen LogP contribution is 2.41. The molecule has 3 aromatic rings. The molecular weight excluding hydrogens is 368 g/mol. The van der Waals surface area contributed by atoms with Crippen LogP contribution in [0.5, 0.6) is 11.5 Å². The number of aromatic nitrogens is 1. The van der Waals surface area contributed by atoms with Crippen molar-refractivity contribution in [2.24, 2.45) is 0 Å². The van der Waals surface area contributed by atoms with Crippen molar-refractivity contribution in [2.45, 2.75) is 38.3 Å². The molecule has 6 nitrogen and oxygen atoms in total. The number of hydrogen-bond acceptors (Lipinski definition) is 5. The van der Waals surface area contributed by atoms with Crippen molar-refractivity contribution >= 4 is 16.9 Å². The molecule has 0 aliphatic carbocycles. The molecule has 152 valence electrons. The molecule has 2 aromatic carbocycles. The smallest absolute Gasteiger partial charge is 0.326 e. The van der Waals surface area contributed by atoms with Crippen LogP contribution in [-0.2, 0) is 16.0 Å². The molecule has 2 atom stereocenters. The molecule has 0 amide bonds. The largest absolute Gasteiger partial charge is 0.508 e. The third-order valence-corrected chi connectivity index (χ3v) is 5.81. The second kappa shape index (κ2) is 7.44. The monoisotopic (exact) mass is 394 g/mol. The van der Waals surface area contributed by atoms with Gasteiger partial charge in [-0.15, -0.1) is 0 Å². The van der Waals surface area contributed by atoms with Crippen LogP contribution in [0.25, 0.3) is 10.9 Å². The van der Waals surface area contributed by atoms with Gasteiger partial charge in [0.05, 0.1) is 19.8 Å². The summed E-state index contributed by atoms with van der Waals surface area (Å²) in [6.07, 6.45) is 1.09. The van der Waals surface area contributed by atoms with Crippen LogP contribution in [0.15, 0.2) is 42.5 Å². The van der Waals surface area contributed by atoms with Crippen molar-refractivity contribution in [2.75, 3.05) is 13.7 Å². The number of ether oxygens (including phenoxy) is 2. The molecular formula is C23H26N2O4. The summed E-state index contributed by atoms with van der Waals surface area (Å²) in [4.78, 5) is 16.5. The first-order valence-corrected chi connectivity index (χ1v) is 9.93. The SMILES string of the molecule is CCOC(=O)C1(CC)Cc2c([nH]c3ccc(OC)cc23)C(c2cccc(O)c2)N1. The Kier molecular flexibility index (Phi) is 4.96. The molecule has 29 heavy (non-hydrogen) atoms. The van der Waals surface area contributed by atoms with Gasteiger partial charge in [-0.2, -0.15) is 0 Å². The maximum Gasteiger partial charge on any atom is 0.326 e. The summed E-state index contributed by atoms with van der Waals surface area (Å²) in [5, 5.41) is 14.6. The molecule has 6 heteroatoms. The Bertz CT molecular complexity index is 1060. The molecule has 0 radical (unpaired) electrons. The Balaban J connectivity index is 1.93. The second-order valence-corrected chi connectivity index (χ2v) is 7.43. The fourth-order valence-corrected chi connectivity index (χ4v) is 4.24. The normalized spacial score (nSPS) is 21.0. The van der Waals surface area contributed by atoms with Crippen LogP contribution >= 0.6 is 0 Å². The van der Waals surface area contributed by atoms with Crippen molar-refractivity contribution < 1.29 is 19.4 Å². The zero-order valence-corrected chi connectivity index (χ0v) is 16.9. The van der Waals surface area contributed by atoms with Crippen LogP contribution in [0.3, 0.4) is 0 Å². The molecule has 0 spiro atoms. The molecule has 2 unspecified atom stereocenters. The minimum absolute atomic E-state index is 0.187. The van der Waals surface area contributed by atoms with Crippen LogP contribution in [-0.4, -0.2) is 35.3 Å². The van der Waals surface area contributed by atoms with E-state index in [0.717, 1.165) is 33.5 Å². The zero-order chi connectivity index (χ0) is 20.6. The molecule has 0 fully saturated rings. The van der Waals surface area contributed by atoms with Crippen LogP contribution in [0.4, 0.5) is 0 Å². The van der Waals surface area contributed by atoms with Gasteiger partial charge in [-0.3, -0.25) is 10.1 Å². The Labute approximate surface area is 169 Å². The molecule has 0 saturated carbocycles. The predicted molar refractivity (Wildman–Crippen MR) is 111 cm³/mol. The summed E-state index contributed by atoms with van der Waals surface area (Å²) in [5.74, 6) is 0.702. The third-order valence-electron chi connectivity index (χ3n) is 5.81. The fraction of sp³-hybridized carbons (Fsp3) is 0.348. The average Bonchev–Trinajstić information content (AvgIpc) is 3.10. The summed E-state index contributed by atoms with van der Waals surface area (Å²) in [5.41, 5.74) is 3.08. The maximum atomic E-state index is 13.0. The van der Waals surface area contributed by atoms with Crippen molar-refractivity contribution in [3.05, 3.63) is 59.3 Å². The van der Waals surface area contributed by atoms with E-state index in [1.54, 1.807) is 19.2 Å². The van der Waals surface area contributed by atoms with Gasteiger partial charge in [-0.1, -0.05) is 19.1 Å². The van der Waals surface area contributed by atoms with Gasteiger partial charge in [0.1, 0.15) is 17.0 Å². The number of carbonyl (C=O) groups is 1. The van der Waals surface area contributed by atoms with E-state index in [4.69, 9.17) is 9.47 Å². The molecule has 2 heterocycles. The molecule has 0 saturated heterocycles. The number of benzene rings is 2. The number of nitrogens with one attached hydrogen (secondary N) is 2. The van der Waals surface area contributed by atoms with Crippen molar-refractivity contribution in [1.82, 2.24) is 10.3 Å². The molecule has 4 rings (SSSR count). The van der Waals surface area contributed by atoms with Gasteiger partial charge in [0, 0.05) is 23.0 Å². The highest BCUT2D eigenvalue weighted by molar-refractivity contribution is 5.90. The summed E-state index contributed by atoms with van der Waals surface area (Å²) < 4.78 is 10.9. The van der Waals surface area contributed by atoms with Crippen LogP contribution < -0.4 is 10.1 Å². The minimum Gasteiger partial charge on any atom is -0.508 e. The number of fused-ring (bicyclic) bond motifs is 3. The van der Waals surface area contributed by atoms with E-state index in [-0.39, 0.29) is 17.8 Å². The van der Waals surface area contributed by atoms with E-state index < -0.39 is 5.54 Å². The number of phenols is 1. The van der Waals surface area contributed by atoms with Gasteiger partial charge in [0.25, 0.3) is 0 Å². The van der Waals surface area contributed by atoms with Crippen molar-refractivity contribution in [3.63, 3.8) is 0 Å². The number of rotatable bonds is 5.